The van der Waals surface area contributed by atoms with Crippen LogP contribution >= 0.6 is 0 Å². The standard InChI is InChI=1S/C39H40F2N8O4/c1-3-27(2)49-38(50)47(26-42-49)31-11-9-29(10-12-31)45-18-20-46(21-19-45)30-13-15-32(16-14-30)51-23-33-24-52-39(53-33,34-17-8-28(40)22-35(34)41)25-48-37-7-5-4-6-36(37)43-44-48/h4-17,22,26-27,33H,3,18-21,23-25H2,1-2H3. The molecule has 2 aliphatic heterocycles. The number of benzene rings is 4. The quantitative estimate of drug-likeness (QED) is 0.167. The lowest BCUT2D eigenvalue weighted by atomic mass is 10.0. The van der Waals surface area contributed by atoms with Crippen molar-refractivity contribution in [2.45, 2.75) is 44.7 Å². The van der Waals surface area contributed by atoms with Gasteiger partial charge in [-0.3, -0.25) is 0 Å². The number of hydrogen-bond acceptors (Lipinski definition) is 9. The molecule has 2 fully saturated rings. The molecule has 0 amide bonds. The summed E-state index contributed by atoms with van der Waals surface area (Å²) in [5, 5.41) is 12.7. The molecular weight excluding hydrogens is 682 g/mol. The Morgan fingerprint density at radius 3 is 2.28 bits per heavy atom. The van der Waals surface area contributed by atoms with E-state index >= 15 is 4.39 Å². The van der Waals surface area contributed by atoms with Gasteiger partial charge in [0.25, 0.3) is 0 Å². The van der Waals surface area contributed by atoms with E-state index in [9.17, 15) is 9.18 Å². The highest BCUT2D eigenvalue weighted by Crippen LogP contribution is 2.38. The number of ether oxygens (including phenoxy) is 3. The maximum Gasteiger partial charge on any atom is 0.350 e. The van der Waals surface area contributed by atoms with Crippen LogP contribution in [0.15, 0.2) is 102 Å². The molecule has 0 spiro atoms. The fraction of sp³-hybridized carbons (Fsp3) is 0.333. The van der Waals surface area contributed by atoms with Gasteiger partial charge in [-0.05, 0) is 86.1 Å². The maximum absolute atomic E-state index is 15.2. The third-order valence-electron chi connectivity index (χ3n) is 10.1. The molecule has 6 aromatic rings. The van der Waals surface area contributed by atoms with Crippen molar-refractivity contribution in [3.63, 3.8) is 0 Å². The van der Waals surface area contributed by atoms with Gasteiger partial charge in [0.1, 0.15) is 48.5 Å². The van der Waals surface area contributed by atoms with E-state index in [2.05, 4.69) is 37.3 Å². The topological polar surface area (TPSA) is 105 Å². The molecule has 4 heterocycles. The summed E-state index contributed by atoms with van der Waals surface area (Å²) in [4.78, 5) is 17.5. The van der Waals surface area contributed by atoms with E-state index in [1.165, 1.54) is 16.8 Å². The van der Waals surface area contributed by atoms with Crippen LogP contribution in [0.2, 0.25) is 0 Å². The molecule has 12 nitrogen and oxygen atoms in total. The number of para-hydroxylation sites is 1. The van der Waals surface area contributed by atoms with Crippen molar-refractivity contribution in [3.05, 3.63) is 125 Å². The summed E-state index contributed by atoms with van der Waals surface area (Å²) in [5.41, 5.74) is 4.35. The molecule has 14 heteroatoms. The Balaban J connectivity index is 0.872. The van der Waals surface area contributed by atoms with E-state index in [0.717, 1.165) is 61.2 Å². The number of rotatable bonds is 11. The second-order valence-corrected chi connectivity index (χ2v) is 13.4. The molecule has 2 aliphatic rings. The van der Waals surface area contributed by atoms with Crippen molar-refractivity contribution < 1.29 is 23.0 Å². The van der Waals surface area contributed by atoms with Crippen molar-refractivity contribution >= 4 is 22.4 Å². The highest BCUT2D eigenvalue weighted by molar-refractivity contribution is 5.73. The monoisotopic (exact) mass is 722 g/mol. The minimum Gasteiger partial charge on any atom is -0.491 e. The zero-order valence-electron chi connectivity index (χ0n) is 29.5. The summed E-state index contributed by atoms with van der Waals surface area (Å²) in [6.45, 7) is 7.72. The SMILES string of the molecule is CCC(C)n1ncn(-c2ccc(N3CCN(c4ccc(OCC5COC(Cn6nnc7ccccc76)(c6ccc(F)cc6F)O5)cc4)CC3)cc2)c1=O. The Bertz CT molecular complexity index is 2250. The van der Waals surface area contributed by atoms with Crippen molar-refractivity contribution in [2.24, 2.45) is 0 Å². The van der Waals surface area contributed by atoms with Gasteiger partial charge in [-0.2, -0.15) is 5.10 Å². The van der Waals surface area contributed by atoms with Crippen LogP contribution in [0.3, 0.4) is 0 Å². The van der Waals surface area contributed by atoms with E-state index in [4.69, 9.17) is 14.2 Å². The number of fused-ring (bicyclic) bond motifs is 1. The van der Waals surface area contributed by atoms with Crippen LogP contribution in [-0.2, 0) is 21.8 Å². The number of piperazine rings is 1. The molecule has 0 aliphatic carbocycles. The Hall–Kier alpha value is -5.60. The minimum absolute atomic E-state index is 0.00609. The number of hydrogen-bond donors (Lipinski definition) is 0. The van der Waals surface area contributed by atoms with Crippen LogP contribution in [-0.4, -0.2) is 74.8 Å². The summed E-state index contributed by atoms with van der Waals surface area (Å²) in [6, 6.07) is 26.8. The van der Waals surface area contributed by atoms with E-state index in [1.54, 1.807) is 15.6 Å². The Kier molecular flexibility index (Phi) is 9.39. The van der Waals surface area contributed by atoms with E-state index in [-0.39, 0.29) is 37.1 Å². The van der Waals surface area contributed by atoms with E-state index < -0.39 is 23.5 Å². The lowest BCUT2D eigenvalue weighted by molar-refractivity contribution is -0.192. The fourth-order valence-corrected chi connectivity index (χ4v) is 6.94. The molecule has 3 atom stereocenters. The lowest BCUT2D eigenvalue weighted by Crippen LogP contribution is -2.46. The van der Waals surface area contributed by atoms with Gasteiger partial charge in [0.05, 0.1) is 23.9 Å². The van der Waals surface area contributed by atoms with Crippen LogP contribution in [0.4, 0.5) is 20.2 Å². The Morgan fingerprint density at radius 1 is 0.906 bits per heavy atom. The Morgan fingerprint density at radius 2 is 1.58 bits per heavy atom. The van der Waals surface area contributed by atoms with Crippen LogP contribution in [0.25, 0.3) is 16.7 Å². The van der Waals surface area contributed by atoms with E-state index in [0.29, 0.717) is 11.3 Å². The van der Waals surface area contributed by atoms with E-state index in [1.807, 2.05) is 74.5 Å². The van der Waals surface area contributed by atoms with Crippen LogP contribution in [0.5, 0.6) is 5.75 Å². The first kappa shape index (κ1) is 34.5. The fourth-order valence-electron chi connectivity index (χ4n) is 6.94. The molecule has 0 bridgehead atoms. The number of anilines is 2. The molecule has 2 saturated heterocycles. The van der Waals surface area contributed by atoms with Gasteiger partial charge >= 0.3 is 5.69 Å². The van der Waals surface area contributed by atoms with Gasteiger partial charge in [-0.1, -0.05) is 24.3 Å². The van der Waals surface area contributed by atoms with Gasteiger partial charge < -0.3 is 24.0 Å². The van der Waals surface area contributed by atoms with Crippen molar-refractivity contribution in [3.8, 4) is 11.4 Å². The van der Waals surface area contributed by atoms with Gasteiger partial charge in [-0.25, -0.2) is 27.5 Å². The normalized spacial score (nSPS) is 19.6. The smallest absolute Gasteiger partial charge is 0.350 e. The Labute approximate surface area is 304 Å². The molecule has 0 N–H and O–H groups in total. The molecule has 2 aromatic heterocycles. The predicted octanol–water partition coefficient (Wildman–Crippen LogP) is 5.70. The average Bonchev–Trinajstić information content (AvgIpc) is 3.91. The van der Waals surface area contributed by atoms with Crippen molar-refractivity contribution in [1.29, 1.82) is 0 Å². The van der Waals surface area contributed by atoms with Crippen LogP contribution < -0.4 is 20.2 Å². The van der Waals surface area contributed by atoms with Crippen LogP contribution in [0.1, 0.15) is 31.9 Å². The summed E-state index contributed by atoms with van der Waals surface area (Å²) in [5.74, 6) is -2.36. The van der Waals surface area contributed by atoms with Gasteiger partial charge in [0, 0.05) is 49.2 Å². The molecule has 0 saturated carbocycles. The average molecular weight is 723 g/mol. The molecule has 8 rings (SSSR count). The highest BCUT2D eigenvalue weighted by atomic mass is 19.1. The first-order valence-electron chi connectivity index (χ1n) is 17.8. The largest absolute Gasteiger partial charge is 0.491 e. The minimum atomic E-state index is -1.56. The second kappa shape index (κ2) is 14.4. The zero-order chi connectivity index (χ0) is 36.5. The molecule has 4 aromatic carbocycles. The molecule has 53 heavy (non-hydrogen) atoms. The first-order valence-corrected chi connectivity index (χ1v) is 17.8. The number of aromatic nitrogens is 6. The summed E-state index contributed by atoms with van der Waals surface area (Å²) < 4.78 is 52.4. The predicted molar refractivity (Wildman–Crippen MR) is 196 cm³/mol. The number of nitrogens with zero attached hydrogens (tertiary/aromatic N) is 8. The second-order valence-electron chi connectivity index (χ2n) is 13.4. The van der Waals surface area contributed by atoms with Gasteiger partial charge in [0.15, 0.2) is 0 Å². The first-order chi connectivity index (χ1) is 25.8. The highest BCUT2D eigenvalue weighted by Gasteiger charge is 2.46. The van der Waals surface area contributed by atoms with Crippen molar-refractivity contribution in [1.82, 2.24) is 29.3 Å². The summed E-state index contributed by atoms with van der Waals surface area (Å²) >= 11 is 0. The summed E-state index contributed by atoms with van der Waals surface area (Å²) in [6.07, 6.45) is 1.89. The molecule has 0 radical (unpaired) electrons. The molecular formula is C39H40F2N8O4. The zero-order valence-corrected chi connectivity index (χ0v) is 29.5. The number of halogens is 2. The van der Waals surface area contributed by atoms with Gasteiger partial charge in [-0.15, -0.1) is 5.10 Å². The molecule has 274 valence electrons. The maximum atomic E-state index is 15.2. The summed E-state index contributed by atoms with van der Waals surface area (Å²) in [7, 11) is 0. The van der Waals surface area contributed by atoms with Crippen LogP contribution in [0, 0.1) is 11.6 Å². The van der Waals surface area contributed by atoms with Crippen molar-refractivity contribution in [2.75, 3.05) is 49.2 Å². The van der Waals surface area contributed by atoms with Gasteiger partial charge in [0.2, 0.25) is 5.79 Å². The lowest BCUT2D eigenvalue weighted by Gasteiger charge is -2.37. The molecule has 3 unspecified atom stereocenters. The third-order valence-corrected chi connectivity index (χ3v) is 10.1. The third kappa shape index (κ3) is 6.87.